The van der Waals surface area contributed by atoms with E-state index in [2.05, 4.69) is 5.32 Å². The molecule has 4 nitrogen and oxygen atoms in total. The molecule has 1 heterocycles. The highest BCUT2D eigenvalue weighted by Gasteiger charge is 2.42. The Labute approximate surface area is 112 Å². The summed E-state index contributed by atoms with van der Waals surface area (Å²) in [4.78, 5) is 25.7. The van der Waals surface area contributed by atoms with Crippen LogP contribution in [0.25, 0.3) is 0 Å². The normalized spacial score (nSPS) is 23.4. The maximum Gasteiger partial charge on any atom is 0.245 e. The summed E-state index contributed by atoms with van der Waals surface area (Å²) < 4.78 is 0. The molecule has 1 saturated heterocycles. The molecule has 0 aromatic heterocycles. The Balaban J connectivity index is 1.62. The van der Waals surface area contributed by atoms with Gasteiger partial charge in [-0.3, -0.25) is 9.59 Å². The Bertz CT molecular complexity index is 482. The summed E-state index contributed by atoms with van der Waals surface area (Å²) >= 11 is 0. The lowest BCUT2D eigenvalue weighted by molar-refractivity contribution is -0.144. The van der Waals surface area contributed by atoms with Crippen molar-refractivity contribution < 1.29 is 9.59 Å². The summed E-state index contributed by atoms with van der Waals surface area (Å²) in [6.45, 7) is 0.828. The molecule has 0 bridgehead atoms. The molecule has 4 heteroatoms. The predicted octanol–water partition coefficient (Wildman–Crippen LogP) is 0.966. The van der Waals surface area contributed by atoms with E-state index in [0.717, 1.165) is 19.3 Å². The van der Waals surface area contributed by atoms with Crippen molar-refractivity contribution in [2.24, 2.45) is 5.92 Å². The van der Waals surface area contributed by atoms with E-state index in [1.165, 1.54) is 5.56 Å². The van der Waals surface area contributed by atoms with Crippen LogP contribution in [0.4, 0.5) is 0 Å². The molecule has 1 aliphatic heterocycles. The van der Waals surface area contributed by atoms with E-state index in [4.69, 9.17) is 0 Å². The minimum atomic E-state index is -0.267. The van der Waals surface area contributed by atoms with Gasteiger partial charge in [0, 0.05) is 6.54 Å². The van der Waals surface area contributed by atoms with Gasteiger partial charge in [0.1, 0.15) is 6.04 Å². The fraction of sp³-hybridized carbons (Fsp3) is 0.467. The third-order valence-corrected chi connectivity index (χ3v) is 3.84. The summed E-state index contributed by atoms with van der Waals surface area (Å²) in [5, 5.41) is 2.83. The SMILES string of the molecule is O=C1CN(CCc2ccccc2)C(=O)C(C2CC2)N1. The van der Waals surface area contributed by atoms with E-state index in [1.807, 2.05) is 30.3 Å². The molecule has 100 valence electrons. The zero-order chi connectivity index (χ0) is 13.2. The topological polar surface area (TPSA) is 49.4 Å². The van der Waals surface area contributed by atoms with Crippen LogP contribution in [0, 0.1) is 5.92 Å². The van der Waals surface area contributed by atoms with Crippen molar-refractivity contribution >= 4 is 11.8 Å². The Kier molecular flexibility index (Phi) is 3.23. The number of piperazine rings is 1. The molecular weight excluding hydrogens is 240 g/mol. The third kappa shape index (κ3) is 2.78. The number of rotatable bonds is 4. The zero-order valence-corrected chi connectivity index (χ0v) is 10.8. The van der Waals surface area contributed by atoms with Crippen molar-refractivity contribution in [2.45, 2.75) is 25.3 Å². The van der Waals surface area contributed by atoms with Gasteiger partial charge in [-0.2, -0.15) is 0 Å². The molecule has 3 rings (SSSR count). The Morgan fingerprint density at radius 1 is 1.16 bits per heavy atom. The standard InChI is InChI=1S/C15H18N2O2/c18-13-10-17(9-8-11-4-2-1-3-5-11)15(19)14(16-13)12-6-7-12/h1-5,12,14H,6-10H2,(H,16,18). The highest BCUT2D eigenvalue weighted by Crippen LogP contribution is 2.34. The number of carbonyl (C=O) groups is 2. The van der Waals surface area contributed by atoms with E-state index in [-0.39, 0.29) is 24.4 Å². The van der Waals surface area contributed by atoms with Gasteiger partial charge >= 0.3 is 0 Å². The number of benzene rings is 1. The molecule has 0 radical (unpaired) electrons. The number of carbonyl (C=O) groups excluding carboxylic acids is 2. The van der Waals surface area contributed by atoms with Gasteiger partial charge in [-0.1, -0.05) is 30.3 Å². The van der Waals surface area contributed by atoms with Crippen LogP contribution in [-0.4, -0.2) is 35.8 Å². The highest BCUT2D eigenvalue weighted by atomic mass is 16.2. The first-order valence-electron chi connectivity index (χ1n) is 6.86. The summed E-state index contributed by atoms with van der Waals surface area (Å²) in [6.07, 6.45) is 2.92. The third-order valence-electron chi connectivity index (χ3n) is 3.84. The average molecular weight is 258 g/mol. The lowest BCUT2D eigenvalue weighted by Gasteiger charge is -2.32. The van der Waals surface area contributed by atoms with Gasteiger partial charge in [-0.15, -0.1) is 0 Å². The summed E-state index contributed by atoms with van der Waals surface area (Å²) in [5.74, 6) is 0.443. The van der Waals surface area contributed by atoms with Gasteiger partial charge in [-0.05, 0) is 30.7 Å². The van der Waals surface area contributed by atoms with Crippen molar-refractivity contribution in [3.05, 3.63) is 35.9 Å². The molecule has 19 heavy (non-hydrogen) atoms. The summed E-state index contributed by atoms with van der Waals surface area (Å²) in [5.41, 5.74) is 1.20. The van der Waals surface area contributed by atoms with Crippen LogP contribution in [0.3, 0.4) is 0 Å². The second kappa shape index (κ2) is 5.03. The lowest BCUT2D eigenvalue weighted by Crippen LogP contribution is -2.59. The number of nitrogens with one attached hydrogen (secondary N) is 1. The van der Waals surface area contributed by atoms with Crippen molar-refractivity contribution in [3.8, 4) is 0 Å². The molecule has 2 aliphatic rings. The molecule has 1 aromatic carbocycles. The second-order valence-electron chi connectivity index (χ2n) is 5.38. The van der Waals surface area contributed by atoms with Crippen LogP contribution < -0.4 is 5.32 Å². The molecule has 1 N–H and O–H groups in total. The summed E-state index contributed by atoms with van der Waals surface area (Å²) in [6, 6.07) is 9.79. The minimum Gasteiger partial charge on any atom is -0.342 e. The van der Waals surface area contributed by atoms with Gasteiger partial charge in [-0.25, -0.2) is 0 Å². The van der Waals surface area contributed by atoms with Gasteiger partial charge < -0.3 is 10.2 Å². The molecule has 1 saturated carbocycles. The minimum absolute atomic E-state index is 0.0236. The van der Waals surface area contributed by atoms with Gasteiger partial charge in [0.25, 0.3) is 0 Å². The van der Waals surface area contributed by atoms with E-state index in [0.29, 0.717) is 12.5 Å². The van der Waals surface area contributed by atoms with Crippen molar-refractivity contribution in [1.29, 1.82) is 0 Å². The first-order chi connectivity index (χ1) is 9.24. The number of hydrogen-bond acceptors (Lipinski definition) is 2. The van der Waals surface area contributed by atoms with Crippen LogP contribution in [-0.2, 0) is 16.0 Å². The van der Waals surface area contributed by atoms with Gasteiger partial charge in [0.15, 0.2) is 0 Å². The molecule has 0 spiro atoms. The molecule has 1 unspecified atom stereocenters. The van der Waals surface area contributed by atoms with Crippen LogP contribution in [0.5, 0.6) is 0 Å². The second-order valence-corrected chi connectivity index (χ2v) is 5.38. The number of hydrogen-bond donors (Lipinski definition) is 1. The van der Waals surface area contributed by atoms with E-state index < -0.39 is 0 Å². The quantitative estimate of drug-likeness (QED) is 0.874. The predicted molar refractivity (Wildman–Crippen MR) is 71.4 cm³/mol. The molecule has 1 aromatic rings. The fourth-order valence-electron chi connectivity index (χ4n) is 2.58. The number of nitrogens with zero attached hydrogens (tertiary/aromatic N) is 1. The molecule has 1 atom stereocenters. The van der Waals surface area contributed by atoms with E-state index >= 15 is 0 Å². The molecule has 2 fully saturated rings. The van der Waals surface area contributed by atoms with Crippen molar-refractivity contribution in [1.82, 2.24) is 10.2 Å². The maximum atomic E-state index is 12.3. The highest BCUT2D eigenvalue weighted by molar-refractivity contribution is 5.95. The van der Waals surface area contributed by atoms with Crippen molar-refractivity contribution in [2.75, 3.05) is 13.1 Å². The molecule has 1 aliphatic carbocycles. The van der Waals surface area contributed by atoms with Gasteiger partial charge in [0.2, 0.25) is 11.8 Å². The van der Waals surface area contributed by atoms with Crippen molar-refractivity contribution in [3.63, 3.8) is 0 Å². The Morgan fingerprint density at radius 3 is 2.58 bits per heavy atom. The first-order valence-corrected chi connectivity index (χ1v) is 6.86. The van der Waals surface area contributed by atoms with Crippen LogP contribution in [0.2, 0.25) is 0 Å². The summed E-state index contributed by atoms with van der Waals surface area (Å²) in [7, 11) is 0. The van der Waals surface area contributed by atoms with Crippen LogP contribution >= 0.6 is 0 Å². The zero-order valence-electron chi connectivity index (χ0n) is 10.8. The van der Waals surface area contributed by atoms with Crippen LogP contribution in [0.1, 0.15) is 18.4 Å². The smallest absolute Gasteiger partial charge is 0.245 e. The molecule has 2 amide bonds. The first kappa shape index (κ1) is 12.2. The Hall–Kier alpha value is -1.84. The monoisotopic (exact) mass is 258 g/mol. The van der Waals surface area contributed by atoms with E-state index in [9.17, 15) is 9.59 Å². The lowest BCUT2D eigenvalue weighted by atomic mass is 10.1. The van der Waals surface area contributed by atoms with E-state index in [1.54, 1.807) is 4.90 Å². The van der Waals surface area contributed by atoms with Crippen LogP contribution in [0.15, 0.2) is 30.3 Å². The maximum absolute atomic E-state index is 12.3. The fourth-order valence-corrected chi connectivity index (χ4v) is 2.58. The Morgan fingerprint density at radius 2 is 1.89 bits per heavy atom. The molecular formula is C15H18N2O2. The number of amides is 2. The van der Waals surface area contributed by atoms with Gasteiger partial charge in [0.05, 0.1) is 6.54 Å². The largest absolute Gasteiger partial charge is 0.342 e. The average Bonchev–Trinajstić information content (AvgIpc) is 3.25.